The monoisotopic (exact) mass is 286 g/mol. The van der Waals surface area contributed by atoms with Gasteiger partial charge in [-0.3, -0.25) is 9.59 Å². The number of amides is 3. The zero-order chi connectivity index (χ0) is 15.0. The molecule has 0 radical (unpaired) electrons. The van der Waals surface area contributed by atoms with E-state index in [4.69, 9.17) is 5.11 Å². The van der Waals surface area contributed by atoms with Crippen molar-refractivity contribution in [1.29, 1.82) is 0 Å². The highest BCUT2D eigenvalue weighted by atomic mass is 16.4. The first-order valence-corrected chi connectivity index (χ1v) is 6.78. The van der Waals surface area contributed by atoms with Crippen LogP contribution in [0.4, 0.5) is 4.79 Å². The average molecular weight is 286 g/mol. The molecule has 0 unspecified atom stereocenters. The first-order chi connectivity index (χ1) is 9.54. The minimum Gasteiger partial charge on any atom is -0.480 e. The quantitative estimate of drug-likeness (QED) is 0.499. The second kappa shape index (κ2) is 8.36. The van der Waals surface area contributed by atoms with E-state index in [-0.39, 0.29) is 18.6 Å². The van der Waals surface area contributed by atoms with Crippen LogP contribution in [0.2, 0.25) is 0 Å². The molecule has 1 heterocycles. The van der Waals surface area contributed by atoms with Crippen molar-refractivity contribution >= 4 is 17.9 Å². The molecule has 3 amide bonds. The highest BCUT2D eigenvalue weighted by Gasteiger charge is 2.24. The number of rotatable bonds is 6. The normalized spacial score (nSPS) is 15.4. The lowest BCUT2D eigenvalue weighted by molar-refractivity contribution is -0.137. The maximum Gasteiger partial charge on any atom is 0.322 e. The van der Waals surface area contributed by atoms with Gasteiger partial charge in [0.1, 0.15) is 6.54 Å². The van der Waals surface area contributed by atoms with Gasteiger partial charge < -0.3 is 26.0 Å². The lowest BCUT2D eigenvalue weighted by Gasteiger charge is -2.33. The van der Waals surface area contributed by atoms with Gasteiger partial charge >= 0.3 is 12.0 Å². The Labute approximate surface area is 117 Å². The molecule has 0 aliphatic carbocycles. The van der Waals surface area contributed by atoms with Crippen LogP contribution < -0.4 is 16.0 Å². The predicted molar refractivity (Wildman–Crippen MR) is 72.3 cm³/mol. The molecular weight excluding hydrogens is 264 g/mol. The van der Waals surface area contributed by atoms with Gasteiger partial charge in [0, 0.05) is 12.6 Å². The summed E-state index contributed by atoms with van der Waals surface area (Å²) in [6, 6.07) is -0.104. The van der Waals surface area contributed by atoms with Crippen LogP contribution in [0.1, 0.15) is 19.8 Å². The Morgan fingerprint density at radius 1 is 1.20 bits per heavy atom. The first kappa shape index (κ1) is 16.2. The van der Waals surface area contributed by atoms with Crippen LogP contribution in [0.3, 0.4) is 0 Å². The Bertz CT molecular complexity index is 355. The molecule has 0 bridgehead atoms. The summed E-state index contributed by atoms with van der Waals surface area (Å²) in [4.78, 5) is 35.3. The molecule has 4 N–H and O–H groups in total. The number of carboxylic acids is 1. The molecule has 0 spiro atoms. The van der Waals surface area contributed by atoms with Gasteiger partial charge in [0.15, 0.2) is 0 Å². The van der Waals surface area contributed by atoms with Gasteiger partial charge in [0.25, 0.3) is 0 Å². The SMILES string of the molecule is CCN(C(=O)NCC(=O)NCC(=O)O)C1CCNCC1. The molecule has 0 aromatic carbocycles. The summed E-state index contributed by atoms with van der Waals surface area (Å²) in [5.74, 6) is -1.63. The molecule has 8 heteroatoms. The van der Waals surface area contributed by atoms with Crippen molar-refractivity contribution in [1.82, 2.24) is 20.9 Å². The summed E-state index contributed by atoms with van der Waals surface area (Å²) in [5, 5.41) is 16.4. The molecule has 0 aromatic rings. The maximum absolute atomic E-state index is 12.0. The Morgan fingerprint density at radius 2 is 1.85 bits per heavy atom. The van der Waals surface area contributed by atoms with Crippen molar-refractivity contribution in [2.75, 3.05) is 32.7 Å². The van der Waals surface area contributed by atoms with Crippen LogP contribution in [0.15, 0.2) is 0 Å². The number of carboxylic acid groups (broad SMARTS) is 1. The summed E-state index contributed by atoms with van der Waals surface area (Å²) in [6.45, 7) is 3.58. The number of nitrogens with zero attached hydrogens (tertiary/aromatic N) is 1. The van der Waals surface area contributed by atoms with Gasteiger partial charge in [-0.25, -0.2) is 4.79 Å². The van der Waals surface area contributed by atoms with Crippen molar-refractivity contribution in [3.63, 3.8) is 0 Å². The van der Waals surface area contributed by atoms with Crippen LogP contribution >= 0.6 is 0 Å². The topological polar surface area (TPSA) is 111 Å². The highest BCUT2D eigenvalue weighted by molar-refractivity contribution is 5.86. The van der Waals surface area contributed by atoms with E-state index in [0.717, 1.165) is 25.9 Å². The van der Waals surface area contributed by atoms with Crippen molar-refractivity contribution in [2.24, 2.45) is 0 Å². The first-order valence-electron chi connectivity index (χ1n) is 6.78. The molecule has 0 aromatic heterocycles. The van der Waals surface area contributed by atoms with Gasteiger partial charge in [-0.1, -0.05) is 0 Å². The van der Waals surface area contributed by atoms with Crippen molar-refractivity contribution < 1.29 is 19.5 Å². The lowest BCUT2D eigenvalue weighted by atomic mass is 10.1. The largest absolute Gasteiger partial charge is 0.480 e. The van der Waals surface area contributed by atoms with E-state index in [1.807, 2.05) is 6.92 Å². The molecule has 114 valence electrons. The molecule has 8 nitrogen and oxygen atoms in total. The minimum atomic E-state index is -1.12. The summed E-state index contributed by atoms with van der Waals surface area (Å²) in [6.07, 6.45) is 1.79. The number of urea groups is 1. The van der Waals surface area contributed by atoms with Gasteiger partial charge in [-0.2, -0.15) is 0 Å². The second-order valence-corrected chi connectivity index (χ2v) is 4.60. The van der Waals surface area contributed by atoms with E-state index in [0.29, 0.717) is 6.54 Å². The van der Waals surface area contributed by atoms with Gasteiger partial charge in [0.2, 0.25) is 5.91 Å². The predicted octanol–water partition coefficient (Wildman–Crippen LogP) is -1.03. The number of aliphatic carboxylic acids is 1. The fourth-order valence-corrected chi connectivity index (χ4v) is 2.18. The zero-order valence-corrected chi connectivity index (χ0v) is 11.6. The average Bonchev–Trinajstić information content (AvgIpc) is 2.45. The number of carbonyl (C=O) groups excluding carboxylic acids is 2. The fourth-order valence-electron chi connectivity index (χ4n) is 2.18. The third-order valence-electron chi connectivity index (χ3n) is 3.19. The fraction of sp³-hybridized carbons (Fsp3) is 0.750. The summed E-state index contributed by atoms with van der Waals surface area (Å²) in [7, 11) is 0. The zero-order valence-electron chi connectivity index (χ0n) is 11.6. The summed E-state index contributed by atoms with van der Waals surface area (Å²) < 4.78 is 0. The maximum atomic E-state index is 12.0. The Balaban J connectivity index is 2.35. The van der Waals surface area contributed by atoms with Crippen LogP contribution in [0.5, 0.6) is 0 Å². The summed E-state index contributed by atoms with van der Waals surface area (Å²) in [5.41, 5.74) is 0. The van der Waals surface area contributed by atoms with Crippen molar-refractivity contribution in [2.45, 2.75) is 25.8 Å². The van der Waals surface area contributed by atoms with E-state index in [2.05, 4.69) is 16.0 Å². The second-order valence-electron chi connectivity index (χ2n) is 4.60. The molecule has 1 aliphatic heterocycles. The molecule has 0 atom stereocenters. The third-order valence-corrected chi connectivity index (χ3v) is 3.19. The Morgan fingerprint density at radius 3 is 2.40 bits per heavy atom. The number of piperidine rings is 1. The van der Waals surface area contributed by atoms with Crippen molar-refractivity contribution in [3.05, 3.63) is 0 Å². The lowest BCUT2D eigenvalue weighted by Crippen LogP contribution is -2.51. The smallest absolute Gasteiger partial charge is 0.322 e. The van der Waals surface area contributed by atoms with Gasteiger partial charge in [-0.15, -0.1) is 0 Å². The van der Waals surface area contributed by atoms with Crippen LogP contribution in [0, 0.1) is 0 Å². The molecule has 1 aliphatic rings. The minimum absolute atomic E-state index is 0.184. The number of carbonyl (C=O) groups is 3. The highest BCUT2D eigenvalue weighted by Crippen LogP contribution is 2.11. The van der Waals surface area contributed by atoms with Gasteiger partial charge in [0.05, 0.1) is 6.54 Å². The van der Waals surface area contributed by atoms with E-state index in [1.165, 1.54) is 0 Å². The molecule has 0 saturated carbocycles. The Hall–Kier alpha value is -1.83. The molecular formula is C12H22N4O4. The summed E-state index contributed by atoms with van der Waals surface area (Å²) >= 11 is 0. The van der Waals surface area contributed by atoms with E-state index >= 15 is 0 Å². The molecule has 1 rings (SSSR count). The standard InChI is InChI=1S/C12H22N4O4/c1-2-16(9-3-5-13-6-4-9)12(20)15-7-10(17)14-8-11(18)19/h9,13H,2-8H2,1H3,(H,14,17)(H,15,20)(H,18,19). The van der Waals surface area contributed by atoms with E-state index in [9.17, 15) is 14.4 Å². The van der Waals surface area contributed by atoms with E-state index < -0.39 is 18.4 Å². The van der Waals surface area contributed by atoms with Gasteiger partial charge in [-0.05, 0) is 32.9 Å². The van der Waals surface area contributed by atoms with Crippen LogP contribution in [0.25, 0.3) is 0 Å². The number of hydrogen-bond donors (Lipinski definition) is 4. The number of hydrogen-bond acceptors (Lipinski definition) is 4. The molecule has 20 heavy (non-hydrogen) atoms. The van der Waals surface area contributed by atoms with Crippen molar-refractivity contribution in [3.8, 4) is 0 Å². The third kappa shape index (κ3) is 5.43. The van der Waals surface area contributed by atoms with E-state index in [1.54, 1.807) is 4.90 Å². The Kier molecular flexibility index (Phi) is 6.78. The van der Waals surface area contributed by atoms with Crippen LogP contribution in [-0.2, 0) is 9.59 Å². The molecule has 1 fully saturated rings. The number of nitrogens with one attached hydrogen (secondary N) is 3. The van der Waals surface area contributed by atoms with Crippen LogP contribution in [-0.4, -0.2) is 66.7 Å². The molecule has 1 saturated heterocycles.